The molecule has 0 aliphatic carbocycles. The maximum atomic E-state index is 13.0. The van der Waals surface area contributed by atoms with E-state index in [0.29, 0.717) is 16.4 Å². The zero-order valence-corrected chi connectivity index (χ0v) is 18.2. The standard InChI is InChI=1S/C23H27ClN4O3/c1-27-10-8-15-2-5-19(12-16(15)9-11-27)25-22(30)21-13-20(29)14-28(21)23(31)26-18-6-3-17(24)4-7-18/h2-7,12,20-21,29H,8-11,13-14H2,1H3,(H,25,30)(H,26,31)/t20-,21-/m1/s1. The molecule has 1 fully saturated rings. The maximum Gasteiger partial charge on any atom is 0.322 e. The minimum Gasteiger partial charge on any atom is -0.391 e. The number of nitrogens with one attached hydrogen (secondary N) is 2. The number of halogens is 1. The van der Waals surface area contributed by atoms with Gasteiger partial charge in [-0.1, -0.05) is 17.7 Å². The second kappa shape index (κ2) is 9.26. The van der Waals surface area contributed by atoms with Gasteiger partial charge < -0.3 is 25.5 Å². The highest BCUT2D eigenvalue weighted by molar-refractivity contribution is 6.30. The topological polar surface area (TPSA) is 84.9 Å². The van der Waals surface area contributed by atoms with Crippen LogP contribution in [0.2, 0.25) is 5.02 Å². The van der Waals surface area contributed by atoms with Crippen molar-refractivity contribution < 1.29 is 14.7 Å². The van der Waals surface area contributed by atoms with Crippen LogP contribution in [0.1, 0.15) is 17.5 Å². The molecule has 0 radical (unpaired) electrons. The van der Waals surface area contributed by atoms with E-state index in [-0.39, 0.29) is 18.9 Å². The largest absolute Gasteiger partial charge is 0.391 e. The number of nitrogens with zero attached hydrogens (tertiary/aromatic N) is 2. The minimum atomic E-state index is -0.743. The van der Waals surface area contributed by atoms with Crippen molar-refractivity contribution in [1.29, 1.82) is 0 Å². The quantitative estimate of drug-likeness (QED) is 0.682. The third-order valence-corrected chi connectivity index (χ3v) is 6.19. The Labute approximate surface area is 187 Å². The molecule has 2 aliphatic rings. The van der Waals surface area contributed by atoms with Gasteiger partial charge in [0.25, 0.3) is 0 Å². The Balaban J connectivity index is 1.44. The highest BCUT2D eigenvalue weighted by atomic mass is 35.5. The van der Waals surface area contributed by atoms with Crippen LogP contribution in [0, 0.1) is 0 Å². The molecule has 2 heterocycles. The zero-order chi connectivity index (χ0) is 22.0. The predicted molar refractivity (Wildman–Crippen MR) is 122 cm³/mol. The molecule has 2 aromatic carbocycles. The molecule has 1 saturated heterocycles. The SMILES string of the molecule is CN1CCc2ccc(NC(=O)[C@H]3C[C@@H](O)CN3C(=O)Nc3ccc(Cl)cc3)cc2CC1. The van der Waals surface area contributed by atoms with Gasteiger partial charge in [-0.05, 0) is 67.4 Å². The molecule has 2 aliphatic heterocycles. The first kappa shape index (κ1) is 21.6. The van der Waals surface area contributed by atoms with Gasteiger partial charge in [-0.3, -0.25) is 4.79 Å². The van der Waals surface area contributed by atoms with Crippen LogP contribution in [-0.2, 0) is 17.6 Å². The molecule has 31 heavy (non-hydrogen) atoms. The molecule has 164 valence electrons. The third-order valence-electron chi connectivity index (χ3n) is 5.94. The van der Waals surface area contributed by atoms with Crippen LogP contribution in [0.3, 0.4) is 0 Å². The Hall–Kier alpha value is -2.61. The van der Waals surface area contributed by atoms with E-state index >= 15 is 0 Å². The van der Waals surface area contributed by atoms with Crippen LogP contribution in [-0.4, -0.2) is 65.7 Å². The number of rotatable bonds is 3. The minimum absolute atomic E-state index is 0.105. The molecule has 0 saturated carbocycles. The Bertz CT molecular complexity index is 966. The van der Waals surface area contributed by atoms with Crippen LogP contribution in [0.4, 0.5) is 16.2 Å². The van der Waals surface area contributed by atoms with Crippen molar-refractivity contribution in [1.82, 2.24) is 9.80 Å². The van der Waals surface area contributed by atoms with E-state index in [0.717, 1.165) is 25.9 Å². The van der Waals surface area contributed by atoms with E-state index in [2.05, 4.69) is 28.6 Å². The first-order chi connectivity index (χ1) is 14.9. The fourth-order valence-corrected chi connectivity index (χ4v) is 4.28. The summed E-state index contributed by atoms with van der Waals surface area (Å²) in [5.74, 6) is -0.298. The fraction of sp³-hybridized carbons (Fsp3) is 0.391. The molecule has 4 rings (SSSR count). The van der Waals surface area contributed by atoms with Crippen molar-refractivity contribution in [2.45, 2.75) is 31.4 Å². The van der Waals surface area contributed by atoms with Crippen molar-refractivity contribution in [3.05, 3.63) is 58.6 Å². The Morgan fingerprint density at radius 2 is 1.68 bits per heavy atom. The first-order valence-corrected chi connectivity index (χ1v) is 10.9. The van der Waals surface area contributed by atoms with Crippen LogP contribution >= 0.6 is 11.6 Å². The summed E-state index contributed by atoms with van der Waals surface area (Å²) >= 11 is 5.89. The summed E-state index contributed by atoms with van der Waals surface area (Å²) in [5, 5.41) is 16.4. The number of anilines is 2. The van der Waals surface area contributed by atoms with Gasteiger partial charge in [0.2, 0.25) is 5.91 Å². The van der Waals surface area contributed by atoms with Crippen LogP contribution < -0.4 is 10.6 Å². The smallest absolute Gasteiger partial charge is 0.322 e. The zero-order valence-electron chi connectivity index (χ0n) is 17.5. The van der Waals surface area contributed by atoms with Crippen molar-refractivity contribution in [2.75, 3.05) is 37.3 Å². The summed E-state index contributed by atoms with van der Waals surface area (Å²) in [6.45, 7) is 2.11. The number of hydrogen-bond donors (Lipinski definition) is 3. The number of amides is 3. The van der Waals surface area contributed by atoms with E-state index in [1.807, 2.05) is 12.1 Å². The molecule has 0 bridgehead atoms. The van der Waals surface area contributed by atoms with Gasteiger partial charge in [-0.15, -0.1) is 0 Å². The molecule has 3 amide bonds. The van der Waals surface area contributed by atoms with Crippen molar-refractivity contribution in [3.8, 4) is 0 Å². The summed E-state index contributed by atoms with van der Waals surface area (Å²) in [7, 11) is 2.11. The van der Waals surface area contributed by atoms with Crippen molar-refractivity contribution >= 4 is 34.9 Å². The summed E-state index contributed by atoms with van der Waals surface area (Å²) in [6.07, 6.45) is 1.39. The lowest BCUT2D eigenvalue weighted by atomic mass is 10.0. The number of carbonyl (C=O) groups excluding carboxylic acids is 2. The first-order valence-electron chi connectivity index (χ1n) is 10.5. The van der Waals surface area contributed by atoms with Gasteiger partial charge in [-0.25, -0.2) is 4.79 Å². The lowest BCUT2D eigenvalue weighted by Crippen LogP contribution is -2.45. The fourth-order valence-electron chi connectivity index (χ4n) is 4.16. The van der Waals surface area contributed by atoms with E-state index in [1.165, 1.54) is 16.0 Å². The van der Waals surface area contributed by atoms with Crippen LogP contribution in [0.5, 0.6) is 0 Å². The van der Waals surface area contributed by atoms with E-state index in [1.54, 1.807) is 24.3 Å². The van der Waals surface area contributed by atoms with E-state index < -0.39 is 18.2 Å². The number of hydrogen-bond acceptors (Lipinski definition) is 4. The van der Waals surface area contributed by atoms with Gasteiger partial charge in [0.05, 0.1) is 6.10 Å². The van der Waals surface area contributed by atoms with Crippen molar-refractivity contribution in [3.63, 3.8) is 0 Å². The Morgan fingerprint density at radius 1 is 1.00 bits per heavy atom. The second-order valence-electron chi connectivity index (χ2n) is 8.27. The number of aliphatic hydroxyl groups is 1. The molecular weight excluding hydrogens is 416 g/mol. The molecule has 0 spiro atoms. The summed E-state index contributed by atoms with van der Waals surface area (Å²) in [4.78, 5) is 29.4. The number of fused-ring (bicyclic) bond motifs is 1. The number of carbonyl (C=O) groups is 2. The highest BCUT2D eigenvalue weighted by Crippen LogP contribution is 2.24. The molecular formula is C23H27ClN4O3. The van der Waals surface area contributed by atoms with Crippen molar-refractivity contribution in [2.24, 2.45) is 0 Å². The average molecular weight is 443 g/mol. The number of aliphatic hydroxyl groups excluding tert-OH is 1. The summed E-state index contributed by atoms with van der Waals surface area (Å²) in [6, 6.07) is 11.6. The maximum absolute atomic E-state index is 13.0. The molecule has 0 aromatic heterocycles. The number of benzene rings is 2. The summed E-state index contributed by atoms with van der Waals surface area (Å²) < 4.78 is 0. The van der Waals surface area contributed by atoms with Gasteiger partial charge in [0.15, 0.2) is 0 Å². The number of β-amino-alcohol motifs (C(OH)–C–C–N with tert-alkyl or cyclic N) is 1. The highest BCUT2D eigenvalue weighted by Gasteiger charge is 2.39. The predicted octanol–water partition coefficient (Wildman–Crippen LogP) is 2.98. The van der Waals surface area contributed by atoms with Gasteiger partial charge in [0.1, 0.15) is 6.04 Å². The van der Waals surface area contributed by atoms with Gasteiger partial charge in [0, 0.05) is 42.5 Å². The Kier molecular flexibility index (Phi) is 6.46. The number of likely N-dealkylation sites (tertiary alicyclic amines) is 1. The lowest BCUT2D eigenvalue weighted by Gasteiger charge is -2.24. The average Bonchev–Trinajstić information content (AvgIpc) is 3.05. The molecule has 8 heteroatoms. The monoisotopic (exact) mass is 442 g/mol. The lowest BCUT2D eigenvalue weighted by molar-refractivity contribution is -0.119. The summed E-state index contributed by atoms with van der Waals surface area (Å²) in [5.41, 5.74) is 3.84. The van der Waals surface area contributed by atoms with Gasteiger partial charge in [-0.2, -0.15) is 0 Å². The Morgan fingerprint density at radius 3 is 2.42 bits per heavy atom. The van der Waals surface area contributed by atoms with Gasteiger partial charge >= 0.3 is 6.03 Å². The molecule has 0 unspecified atom stereocenters. The molecule has 7 nitrogen and oxygen atoms in total. The normalized spacial score (nSPS) is 21.3. The van der Waals surface area contributed by atoms with E-state index in [9.17, 15) is 14.7 Å². The number of likely N-dealkylation sites (N-methyl/N-ethyl adjacent to an activating group) is 1. The van der Waals surface area contributed by atoms with E-state index in [4.69, 9.17) is 11.6 Å². The number of urea groups is 1. The van der Waals surface area contributed by atoms with Crippen LogP contribution in [0.15, 0.2) is 42.5 Å². The molecule has 2 aromatic rings. The molecule has 2 atom stereocenters. The second-order valence-corrected chi connectivity index (χ2v) is 8.71. The van der Waals surface area contributed by atoms with Crippen LogP contribution in [0.25, 0.3) is 0 Å². The molecule has 3 N–H and O–H groups in total. The third kappa shape index (κ3) is 5.18.